The number of carbonyl (C=O) groups is 1. The van der Waals surface area contributed by atoms with Crippen molar-refractivity contribution in [1.82, 2.24) is 5.01 Å². The van der Waals surface area contributed by atoms with E-state index in [4.69, 9.17) is 26.2 Å². The second kappa shape index (κ2) is 7.50. The average Bonchev–Trinajstić information content (AvgIpc) is 3.24. The number of nitrogens with zero attached hydrogens (tertiary/aromatic N) is 2. The summed E-state index contributed by atoms with van der Waals surface area (Å²) in [5.74, 6) is 1.36. The Balaban J connectivity index is 1.53. The Bertz CT molecular complexity index is 1130. The van der Waals surface area contributed by atoms with Gasteiger partial charge in [-0.3, -0.25) is 4.79 Å². The van der Waals surface area contributed by atoms with Crippen molar-refractivity contribution in [3.8, 4) is 11.5 Å². The van der Waals surface area contributed by atoms with Crippen LogP contribution in [-0.4, -0.2) is 29.8 Å². The van der Waals surface area contributed by atoms with Crippen LogP contribution in [0, 0.1) is 0 Å². The number of hydrogen-bond donors (Lipinski definition) is 0. The lowest BCUT2D eigenvalue weighted by molar-refractivity contribution is -0.00455. The summed E-state index contributed by atoms with van der Waals surface area (Å²) in [5.41, 5.74) is 3.48. The summed E-state index contributed by atoms with van der Waals surface area (Å²) in [5, 5.41) is 7.19. The number of benzene rings is 3. The molecule has 150 valence electrons. The molecule has 3 aromatic carbocycles. The van der Waals surface area contributed by atoms with E-state index in [0.29, 0.717) is 17.0 Å². The first-order valence-electron chi connectivity index (χ1n) is 9.69. The summed E-state index contributed by atoms with van der Waals surface area (Å²) in [6.45, 7) is 0. The molecule has 0 aromatic heterocycles. The molecule has 0 saturated carbocycles. The summed E-state index contributed by atoms with van der Waals surface area (Å²) in [7, 11) is 1.64. The molecule has 0 bridgehead atoms. The highest BCUT2D eigenvalue weighted by molar-refractivity contribution is 6.30. The van der Waals surface area contributed by atoms with E-state index in [1.165, 1.54) is 0 Å². The van der Waals surface area contributed by atoms with E-state index in [-0.39, 0.29) is 11.8 Å². The minimum absolute atomic E-state index is 0.0618. The number of methoxy groups -OCH3 is 1. The topological polar surface area (TPSA) is 51.1 Å². The van der Waals surface area contributed by atoms with Gasteiger partial charge in [0.25, 0.3) is 6.23 Å². The van der Waals surface area contributed by atoms with Crippen LogP contribution in [0.4, 0.5) is 0 Å². The van der Waals surface area contributed by atoms with Gasteiger partial charge in [-0.2, -0.15) is 5.10 Å². The number of ketones is 1. The molecular weight excluding hydrogens is 400 g/mol. The van der Waals surface area contributed by atoms with Crippen LogP contribution in [0.3, 0.4) is 0 Å². The number of Topliss-reactive ketones (excluding diaryl/α,β-unsaturated/α-hetero) is 1. The standard InChI is InChI=1S/C24H19ClN2O3/c1-29-18-12-8-15(9-13-18)20-14-21-19-4-2-3-5-22(19)30-24(27(21)26-20)23(28)16-6-10-17(25)11-7-16/h2-13,21,24H,14H2,1H3/t21-,24-/m1/s1. The predicted octanol–water partition coefficient (Wildman–Crippen LogP) is 5.10. The third kappa shape index (κ3) is 3.21. The van der Waals surface area contributed by atoms with Gasteiger partial charge in [0.2, 0.25) is 5.78 Å². The molecule has 2 aliphatic rings. The van der Waals surface area contributed by atoms with E-state index in [0.717, 1.165) is 28.3 Å². The van der Waals surface area contributed by atoms with E-state index < -0.39 is 6.23 Å². The molecule has 2 atom stereocenters. The van der Waals surface area contributed by atoms with Crippen LogP contribution in [0.25, 0.3) is 0 Å². The lowest BCUT2D eigenvalue weighted by Gasteiger charge is -2.37. The second-order valence-corrected chi connectivity index (χ2v) is 7.69. The maximum Gasteiger partial charge on any atom is 0.251 e. The Hall–Kier alpha value is -3.31. The number of para-hydroxylation sites is 1. The quantitative estimate of drug-likeness (QED) is 0.553. The lowest BCUT2D eigenvalue weighted by Crippen LogP contribution is -2.45. The van der Waals surface area contributed by atoms with Crippen molar-refractivity contribution >= 4 is 23.1 Å². The highest BCUT2D eigenvalue weighted by atomic mass is 35.5. The summed E-state index contributed by atoms with van der Waals surface area (Å²) >= 11 is 5.98. The van der Waals surface area contributed by atoms with Crippen LogP contribution in [0.15, 0.2) is 77.9 Å². The van der Waals surface area contributed by atoms with Gasteiger partial charge in [-0.1, -0.05) is 29.8 Å². The largest absolute Gasteiger partial charge is 0.497 e. The zero-order chi connectivity index (χ0) is 20.7. The molecule has 0 aliphatic carbocycles. The van der Waals surface area contributed by atoms with E-state index in [2.05, 4.69) is 0 Å². The van der Waals surface area contributed by atoms with Gasteiger partial charge in [0.1, 0.15) is 11.5 Å². The first-order valence-corrected chi connectivity index (χ1v) is 10.1. The molecule has 0 fully saturated rings. The Labute approximate surface area is 179 Å². The molecule has 3 aromatic rings. The first-order chi connectivity index (χ1) is 14.6. The molecule has 0 spiro atoms. The summed E-state index contributed by atoms with van der Waals surface area (Å²) in [6, 6.07) is 22.4. The van der Waals surface area contributed by atoms with Crippen LogP contribution < -0.4 is 9.47 Å². The Morgan fingerprint density at radius 2 is 1.80 bits per heavy atom. The number of hydrazone groups is 1. The zero-order valence-corrected chi connectivity index (χ0v) is 17.0. The normalized spacial score (nSPS) is 19.4. The monoisotopic (exact) mass is 418 g/mol. The van der Waals surface area contributed by atoms with Gasteiger partial charge in [0.05, 0.1) is 18.9 Å². The minimum Gasteiger partial charge on any atom is -0.497 e. The van der Waals surface area contributed by atoms with Crippen molar-refractivity contribution in [3.05, 3.63) is 94.5 Å². The maximum atomic E-state index is 13.3. The lowest BCUT2D eigenvalue weighted by atomic mass is 9.96. The van der Waals surface area contributed by atoms with Crippen LogP contribution in [0.2, 0.25) is 5.02 Å². The Morgan fingerprint density at radius 3 is 2.53 bits per heavy atom. The zero-order valence-electron chi connectivity index (χ0n) is 16.3. The summed E-state index contributed by atoms with van der Waals surface area (Å²) in [6.07, 6.45) is -0.140. The third-order valence-electron chi connectivity index (χ3n) is 5.48. The fraction of sp³-hybridized carbons (Fsp3) is 0.167. The fourth-order valence-corrected chi connectivity index (χ4v) is 4.05. The fourth-order valence-electron chi connectivity index (χ4n) is 3.92. The van der Waals surface area contributed by atoms with E-state index in [1.54, 1.807) is 36.4 Å². The van der Waals surface area contributed by atoms with Crippen LogP contribution in [0.1, 0.15) is 33.9 Å². The summed E-state index contributed by atoms with van der Waals surface area (Å²) < 4.78 is 11.4. The number of hydrogen-bond acceptors (Lipinski definition) is 5. The first kappa shape index (κ1) is 18.7. The predicted molar refractivity (Wildman–Crippen MR) is 115 cm³/mol. The van der Waals surface area contributed by atoms with Crippen molar-refractivity contribution in [2.24, 2.45) is 5.10 Å². The Kier molecular flexibility index (Phi) is 4.68. The molecule has 0 amide bonds. The Morgan fingerprint density at radius 1 is 1.07 bits per heavy atom. The van der Waals surface area contributed by atoms with Gasteiger partial charge in [-0.05, 0) is 60.2 Å². The van der Waals surface area contributed by atoms with Crippen LogP contribution in [0.5, 0.6) is 11.5 Å². The summed E-state index contributed by atoms with van der Waals surface area (Å²) in [4.78, 5) is 13.3. The second-order valence-electron chi connectivity index (χ2n) is 7.25. The van der Waals surface area contributed by atoms with Crippen molar-refractivity contribution < 1.29 is 14.3 Å². The molecular formula is C24H19ClN2O3. The number of fused-ring (bicyclic) bond motifs is 3. The molecule has 5 nitrogen and oxygen atoms in total. The van der Waals surface area contributed by atoms with Gasteiger partial charge < -0.3 is 9.47 Å². The smallest absolute Gasteiger partial charge is 0.251 e. The van der Waals surface area contributed by atoms with Gasteiger partial charge in [0, 0.05) is 22.6 Å². The van der Waals surface area contributed by atoms with Crippen LogP contribution in [-0.2, 0) is 0 Å². The molecule has 5 rings (SSSR count). The van der Waals surface area contributed by atoms with Gasteiger partial charge in [0.15, 0.2) is 0 Å². The van der Waals surface area contributed by atoms with E-state index in [9.17, 15) is 4.79 Å². The maximum absolute atomic E-state index is 13.3. The van der Waals surface area contributed by atoms with E-state index >= 15 is 0 Å². The number of carbonyl (C=O) groups excluding carboxylic acids is 1. The van der Waals surface area contributed by atoms with Crippen molar-refractivity contribution in [1.29, 1.82) is 0 Å². The number of halogens is 1. The molecule has 2 heterocycles. The van der Waals surface area contributed by atoms with Gasteiger partial charge in [-0.25, -0.2) is 5.01 Å². The molecule has 0 saturated heterocycles. The number of ether oxygens (including phenoxy) is 2. The molecule has 0 radical (unpaired) electrons. The molecule has 0 N–H and O–H groups in total. The molecule has 6 heteroatoms. The average molecular weight is 419 g/mol. The minimum atomic E-state index is -0.832. The third-order valence-corrected chi connectivity index (χ3v) is 5.73. The van der Waals surface area contributed by atoms with Gasteiger partial charge >= 0.3 is 0 Å². The molecule has 0 unspecified atom stereocenters. The van der Waals surface area contributed by atoms with E-state index in [1.807, 2.05) is 48.5 Å². The van der Waals surface area contributed by atoms with Crippen molar-refractivity contribution in [2.45, 2.75) is 18.7 Å². The van der Waals surface area contributed by atoms with Gasteiger partial charge in [-0.15, -0.1) is 0 Å². The molecule has 2 aliphatic heterocycles. The van der Waals surface area contributed by atoms with Crippen LogP contribution >= 0.6 is 11.6 Å². The molecule has 30 heavy (non-hydrogen) atoms. The number of rotatable bonds is 4. The van der Waals surface area contributed by atoms with Crippen molar-refractivity contribution in [2.75, 3.05) is 7.11 Å². The SMILES string of the molecule is COc1ccc(C2=NN3[C@@H](C(=O)c4ccc(Cl)cc4)Oc4ccccc4[C@H]3C2)cc1. The highest BCUT2D eigenvalue weighted by Crippen LogP contribution is 2.43. The van der Waals surface area contributed by atoms with Crippen molar-refractivity contribution in [3.63, 3.8) is 0 Å². The highest BCUT2D eigenvalue weighted by Gasteiger charge is 2.43.